The van der Waals surface area contributed by atoms with E-state index in [0.29, 0.717) is 52.6 Å². The van der Waals surface area contributed by atoms with Crippen LogP contribution in [-0.2, 0) is 11.3 Å². The van der Waals surface area contributed by atoms with Crippen LogP contribution in [0.2, 0.25) is 5.02 Å². The van der Waals surface area contributed by atoms with Crippen molar-refractivity contribution >= 4 is 51.6 Å². The third-order valence-corrected chi connectivity index (χ3v) is 7.82. The lowest BCUT2D eigenvalue weighted by Gasteiger charge is -2.19. The van der Waals surface area contributed by atoms with E-state index in [2.05, 4.69) is 21.1 Å². The number of nitrogens with one attached hydrogen (secondary N) is 1. The first kappa shape index (κ1) is 25.5. The molecule has 0 aliphatic heterocycles. The van der Waals surface area contributed by atoms with E-state index < -0.39 is 0 Å². The first-order chi connectivity index (χ1) is 18.0. The fourth-order valence-electron chi connectivity index (χ4n) is 5.58. The number of benzene rings is 2. The fraction of sp³-hybridized carbons (Fsp3) is 0.300. The summed E-state index contributed by atoms with van der Waals surface area (Å²) in [6.45, 7) is 0.641. The summed E-state index contributed by atoms with van der Waals surface area (Å²) >= 11 is 12.9. The van der Waals surface area contributed by atoms with E-state index in [0.717, 1.165) is 36.6 Å². The number of hydrogen-bond acceptors (Lipinski definition) is 3. The average molecular weight is 534 g/mol. The van der Waals surface area contributed by atoms with E-state index in [4.69, 9.17) is 23.2 Å². The summed E-state index contributed by atoms with van der Waals surface area (Å²) in [5.74, 6) is 1.67. The average Bonchev–Trinajstić information content (AvgIpc) is 3.52. The summed E-state index contributed by atoms with van der Waals surface area (Å²) in [6, 6.07) is 18.5. The lowest BCUT2D eigenvalue weighted by atomic mass is 9.85. The lowest BCUT2D eigenvalue weighted by molar-refractivity contribution is -0.116. The van der Waals surface area contributed by atoms with Crippen molar-refractivity contribution in [2.45, 2.75) is 44.6 Å². The molecule has 2 unspecified atom stereocenters. The van der Waals surface area contributed by atoms with Crippen molar-refractivity contribution in [3.05, 3.63) is 94.8 Å². The standard InChI is InChI=1S/C30H29Cl2N3O2/c31-14-16-35-19-25(22-10-6-9-20(22)12-13-29(36)34-28-11-4-5-15-33-28)23-17-26(32)24(18-27(23)35)30(37)21-7-2-1-3-8-21/h1-5,7-8,11,15,17-20,22H,6,9-10,12-14,16H2,(H,33,34,36). The third-order valence-electron chi connectivity index (χ3n) is 7.34. The van der Waals surface area contributed by atoms with Crippen molar-refractivity contribution in [2.24, 2.45) is 5.92 Å². The summed E-state index contributed by atoms with van der Waals surface area (Å²) in [5, 5.41) is 4.41. The molecule has 0 radical (unpaired) electrons. The van der Waals surface area contributed by atoms with Crippen LogP contribution in [0.4, 0.5) is 5.82 Å². The van der Waals surface area contributed by atoms with E-state index in [1.54, 1.807) is 24.4 Å². The van der Waals surface area contributed by atoms with Crippen LogP contribution in [0.25, 0.3) is 10.9 Å². The molecule has 37 heavy (non-hydrogen) atoms. The Hall–Kier alpha value is -3.15. The molecule has 0 bridgehead atoms. The molecule has 0 saturated heterocycles. The van der Waals surface area contributed by atoms with Gasteiger partial charge in [-0.25, -0.2) is 4.98 Å². The van der Waals surface area contributed by atoms with Gasteiger partial charge in [0.05, 0.1) is 5.02 Å². The molecule has 1 aliphatic carbocycles. The number of anilines is 1. The summed E-state index contributed by atoms with van der Waals surface area (Å²) in [4.78, 5) is 30.0. The Bertz CT molecular complexity index is 1400. The predicted octanol–water partition coefficient (Wildman–Crippen LogP) is 7.46. The monoisotopic (exact) mass is 533 g/mol. The van der Waals surface area contributed by atoms with Crippen LogP contribution >= 0.6 is 23.2 Å². The van der Waals surface area contributed by atoms with E-state index in [-0.39, 0.29) is 11.7 Å². The quantitative estimate of drug-likeness (QED) is 0.179. The minimum atomic E-state index is -0.0923. The van der Waals surface area contributed by atoms with Crippen LogP contribution in [0.3, 0.4) is 0 Å². The summed E-state index contributed by atoms with van der Waals surface area (Å²) in [5.41, 5.74) is 3.31. The molecule has 0 spiro atoms. The van der Waals surface area contributed by atoms with Crippen molar-refractivity contribution < 1.29 is 9.59 Å². The molecule has 1 N–H and O–H groups in total. The van der Waals surface area contributed by atoms with Crippen LogP contribution in [0.1, 0.15) is 59.5 Å². The Balaban J connectivity index is 1.41. The Kier molecular flexibility index (Phi) is 7.92. The van der Waals surface area contributed by atoms with Gasteiger partial charge in [-0.05, 0) is 60.9 Å². The summed E-state index contributed by atoms with van der Waals surface area (Å²) in [7, 11) is 0. The first-order valence-corrected chi connectivity index (χ1v) is 13.6. The van der Waals surface area contributed by atoms with Gasteiger partial charge >= 0.3 is 0 Å². The highest BCUT2D eigenvalue weighted by Crippen LogP contribution is 2.45. The molecule has 2 aromatic carbocycles. The minimum Gasteiger partial charge on any atom is -0.346 e. The van der Waals surface area contributed by atoms with Crippen molar-refractivity contribution in [1.82, 2.24) is 9.55 Å². The molecule has 5 nitrogen and oxygen atoms in total. The highest BCUT2D eigenvalue weighted by molar-refractivity contribution is 6.36. The second-order valence-corrected chi connectivity index (χ2v) is 10.4. The Morgan fingerprint density at radius 1 is 1.05 bits per heavy atom. The van der Waals surface area contributed by atoms with Crippen LogP contribution < -0.4 is 5.32 Å². The van der Waals surface area contributed by atoms with Gasteiger partial charge in [-0.1, -0.05) is 54.4 Å². The zero-order valence-corrected chi connectivity index (χ0v) is 22.0. The lowest BCUT2D eigenvalue weighted by Crippen LogP contribution is -2.15. The van der Waals surface area contributed by atoms with Gasteiger partial charge in [0.1, 0.15) is 5.82 Å². The minimum absolute atomic E-state index is 0.0129. The summed E-state index contributed by atoms with van der Waals surface area (Å²) in [6.07, 6.45) is 8.38. The van der Waals surface area contributed by atoms with Gasteiger partial charge in [0.2, 0.25) is 5.91 Å². The van der Waals surface area contributed by atoms with Gasteiger partial charge < -0.3 is 9.88 Å². The number of amides is 1. The number of rotatable bonds is 9. The smallest absolute Gasteiger partial charge is 0.225 e. The molecular formula is C30H29Cl2N3O2. The number of carbonyl (C=O) groups excluding carboxylic acids is 2. The molecule has 1 aliphatic rings. The van der Waals surface area contributed by atoms with Crippen molar-refractivity contribution in [1.29, 1.82) is 0 Å². The third kappa shape index (κ3) is 5.58. The normalized spacial score (nSPS) is 17.2. The van der Waals surface area contributed by atoms with Crippen LogP contribution in [-0.4, -0.2) is 27.1 Å². The van der Waals surface area contributed by atoms with Crippen LogP contribution in [0.15, 0.2) is 73.1 Å². The van der Waals surface area contributed by atoms with Crippen molar-refractivity contribution in [3.63, 3.8) is 0 Å². The molecule has 2 aromatic heterocycles. The maximum atomic E-state index is 13.2. The molecule has 190 valence electrons. The number of aromatic nitrogens is 2. The molecule has 1 amide bonds. The van der Waals surface area contributed by atoms with Gasteiger partial charge in [0, 0.05) is 53.3 Å². The second-order valence-electron chi connectivity index (χ2n) is 9.61. The highest BCUT2D eigenvalue weighted by atomic mass is 35.5. The number of fused-ring (bicyclic) bond motifs is 1. The number of nitrogens with zero attached hydrogens (tertiary/aromatic N) is 2. The Morgan fingerprint density at radius 2 is 1.86 bits per heavy atom. The molecule has 2 heterocycles. The predicted molar refractivity (Wildman–Crippen MR) is 150 cm³/mol. The van der Waals surface area contributed by atoms with Gasteiger partial charge in [-0.3, -0.25) is 9.59 Å². The molecular weight excluding hydrogens is 505 g/mol. The SMILES string of the molecule is O=C(CCC1CCCC1c1cn(CCCl)c2cc(C(=O)c3ccccc3)c(Cl)cc12)Nc1ccccn1. The number of hydrogen-bond donors (Lipinski definition) is 1. The Labute approximate surface area is 226 Å². The summed E-state index contributed by atoms with van der Waals surface area (Å²) < 4.78 is 2.14. The number of alkyl halides is 1. The number of pyridine rings is 1. The van der Waals surface area contributed by atoms with Gasteiger partial charge in [0.25, 0.3) is 0 Å². The zero-order chi connectivity index (χ0) is 25.8. The number of ketones is 1. The molecule has 2 atom stereocenters. The maximum absolute atomic E-state index is 13.2. The van der Waals surface area contributed by atoms with Crippen molar-refractivity contribution in [2.75, 3.05) is 11.2 Å². The second kappa shape index (κ2) is 11.5. The molecule has 1 fully saturated rings. The van der Waals surface area contributed by atoms with E-state index >= 15 is 0 Å². The number of carbonyl (C=O) groups is 2. The van der Waals surface area contributed by atoms with Crippen LogP contribution in [0, 0.1) is 5.92 Å². The number of aryl methyl sites for hydroxylation is 1. The Morgan fingerprint density at radius 3 is 2.62 bits per heavy atom. The highest BCUT2D eigenvalue weighted by Gasteiger charge is 2.31. The zero-order valence-electron chi connectivity index (χ0n) is 20.5. The largest absolute Gasteiger partial charge is 0.346 e. The van der Waals surface area contributed by atoms with Crippen molar-refractivity contribution in [3.8, 4) is 0 Å². The molecule has 5 rings (SSSR count). The van der Waals surface area contributed by atoms with E-state index in [1.165, 1.54) is 5.56 Å². The molecule has 4 aromatic rings. The van der Waals surface area contributed by atoms with E-state index in [9.17, 15) is 9.59 Å². The van der Waals surface area contributed by atoms with E-state index in [1.807, 2.05) is 42.5 Å². The fourth-order valence-corrected chi connectivity index (χ4v) is 6.01. The van der Waals surface area contributed by atoms with Crippen LogP contribution in [0.5, 0.6) is 0 Å². The number of halogens is 2. The molecule has 7 heteroatoms. The van der Waals surface area contributed by atoms with Gasteiger partial charge in [-0.15, -0.1) is 11.6 Å². The topological polar surface area (TPSA) is 64.0 Å². The van der Waals surface area contributed by atoms with Gasteiger partial charge in [-0.2, -0.15) is 0 Å². The first-order valence-electron chi connectivity index (χ1n) is 12.7. The molecule has 1 saturated carbocycles. The maximum Gasteiger partial charge on any atom is 0.225 e. The van der Waals surface area contributed by atoms with Gasteiger partial charge in [0.15, 0.2) is 5.78 Å².